The molecule has 29 heavy (non-hydrogen) atoms. The molecule has 0 aromatic heterocycles. The summed E-state index contributed by atoms with van der Waals surface area (Å²) in [6.07, 6.45) is 2.28. The fraction of sp³-hybridized carbons (Fsp3) is 0.120. The number of carbonyl (C=O) groups excluding carboxylic acids is 2. The Kier molecular flexibility index (Phi) is 5.00. The van der Waals surface area contributed by atoms with Crippen LogP contribution in [0.5, 0.6) is 11.5 Å². The van der Waals surface area contributed by atoms with E-state index in [-0.39, 0.29) is 11.6 Å². The van der Waals surface area contributed by atoms with Gasteiger partial charge in [0.25, 0.3) is 0 Å². The molecule has 0 unspecified atom stereocenters. The first-order valence-electron chi connectivity index (χ1n) is 9.35. The molecule has 0 saturated carbocycles. The zero-order valence-corrected chi connectivity index (χ0v) is 16.1. The van der Waals surface area contributed by atoms with Gasteiger partial charge in [0.1, 0.15) is 18.1 Å². The summed E-state index contributed by atoms with van der Waals surface area (Å²) in [6, 6.07) is 18.3. The van der Waals surface area contributed by atoms with Crippen LogP contribution in [-0.4, -0.2) is 18.7 Å². The van der Waals surface area contributed by atoms with Gasteiger partial charge in [0.15, 0.2) is 11.6 Å². The molecule has 1 aliphatic rings. The average molecular weight is 384 g/mol. The van der Waals surface area contributed by atoms with Crippen LogP contribution in [0.1, 0.15) is 43.0 Å². The third-order valence-corrected chi connectivity index (χ3v) is 5.02. The van der Waals surface area contributed by atoms with E-state index in [4.69, 9.17) is 9.47 Å². The van der Waals surface area contributed by atoms with Gasteiger partial charge in [-0.15, -0.1) is 6.58 Å². The first-order valence-corrected chi connectivity index (χ1v) is 9.35. The quantitative estimate of drug-likeness (QED) is 0.449. The van der Waals surface area contributed by atoms with Gasteiger partial charge < -0.3 is 9.47 Å². The normalized spacial score (nSPS) is 12.2. The molecular formula is C25H20O4. The average Bonchev–Trinajstić information content (AvgIpc) is 2.76. The van der Waals surface area contributed by atoms with E-state index in [1.807, 2.05) is 36.4 Å². The lowest BCUT2D eigenvalue weighted by molar-refractivity contribution is 0.0972. The highest BCUT2D eigenvalue weighted by atomic mass is 16.5. The standard InChI is InChI=1S/C25H20O4/c1-3-8-17-13-14-19-22(25(17)29-15-16-9-5-4-6-10-16)24(27)18-11-7-12-20(28-2)21(18)23(19)26/h3-7,9-14H,1,8,15H2,2H3. The molecule has 0 spiro atoms. The van der Waals surface area contributed by atoms with Crippen LogP contribution >= 0.6 is 0 Å². The summed E-state index contributed by atoms with van der Waals surface area (Å²) in [5.74, 6) is 0.371. The number of ketones is 2. The van der Waals surface area contributed by atoms with Crippen molar-refractivity contribution in [1.29, 1.82) is 0 Å². The molecular weight excluding hydrogens is 364 g/mol. The number of hydrogen-bond donors (Lipinski definition) is 0. The van der Waals surface area contributed by atoms with E-state index in [1.54, 1.807) is 30.3 Å². The second-order valence-electron chi connectivity index (χ2n) is 6.78. The molecule has 0 fully saturated rings. The number of benzene rings is 3. The maximum Gasteiger partial charge on any atom is 0.198 e. The molecule has 0 N–H and O–H groups in total. The lowest BCUT2D eigenvalue weighted by atomic mass is 9.82. The molecule has 144 valence electrons. The highest BCUT2D eigenvalue weighted by molar-refractivity contribution is 6.30. The smallest absolute Gasteiger partial charge is 0.198 e. The SMILES string of the molecule is C=CCc1ccc2c(c1OCc1ccccc1)C(=O)c1cccc(OC)c1C2=O. The van der Waals surface area contributed by atoms with Crippen molar-refractivity contribution in [2.24, 2.45) is 0 Å². The van der Waals surface area contributed by atoms with Crippen molar-refractivity contribution in [3.05, 3.63) is 107 Å². The lowest BCUT2D eigenvalue weighted by Gasteiger charge is -2.23. The number of hydrogen-bond acceptors (Lipinski definition) is 4. The Hall–Kier alpha value is -3.66. The summed E-state index contributed by atoms with van der Waals surface area (Å²) in [4.78, 5) is 26.6. The van der Waals surface area contributed by atoms with Crippen LogP contribution in [0.2, 0.25) is 0 Å². The van der Waals surface area contributed by atoms with E-state index in [2.05, 4.69) is 6.58 Å². The van der Waals surface area contributed by atoms with Gasteiger partial charge in [0, 0.05) is 11.1 Å². The van der Waals surface area contributed by atoms with E-state index in [0.29, 0.717) is 46.8 Å². The van der Waals surface area contributed by atoms with Crippen molar-refractivity contribution >= 4 is 11.6 Å². The van der Waals surface area contributed by atoms with Crippen LogP contribution in [0.25, 0.3) is 0 Å². The zero-order chi connectivity index (χ0) is 20.4. The molecule has 0 saturated heterocycles. The molecule has 3 aromatic carbocycles. The Labute approximate surface area is 169 Å². The third-order valence-electron chi connectivity index (χ3n) is 5.02. The number of carbonyl (C=O) groups is 2. The summed E-state index contributed by atoms with van der Waals surface area (Å²) in [7, 11) is 1.49. The Morgan fingerprint density at radius 1 is 0.862 bits per heavy atom. The monoisotopic (exact) mass is 384 g/mol. The molecule has 3 aromatic rings. The molecule has 4 rings (SSSR count). The third kappa shape index (κ3) is 3.23. The Bertz CT molecular complexity index is 1110. The minimum atomic E-state index is -0.234. The molecule has 0 aliphatic heterocycles. The zero-order valence-electron chi connectivity index (χ0n) is 16.1. The lowest BCUT2D eigenvalue weighted by Crippen LogP contribution is -2.23. The maximum absolute atomic E-state index is 13.4. The molecule has 4 heteroatoms. The van der Waals surface area contributed by atoms with Crippen LogP contribution in [0, 0.1) is 0 Å². The number of fused-ring (bicyclic) bond motifs is 2. The molecule has 4 nitrogen and oxygen atoms in total. The van der Waals surface area contributed by atoms with E-state index >= 15 is 0 Å². The summed E-state index contributed by atoms with van der Waals surface area (Å²) in [5, 5.41) is 0. The molecule has 0 heterocycles. The van der Waals surface area contributed by atoms with Crippen molar-refractivity contribution in [3.63, 3.8) is 0 Å². The van der Waals surface area contributed by atoms with Gasteiger partial charge in [0.2, 0.25) is 0 Å². The minimum absolute atomic E-state index is 0.234. The first-order chi connectivity index (χ1) is 14.2. The number of ether oxygens (including phenoxy) is 2. The molecule has 0 amide bonds. The summed E-state index contributed by atoms with van der Waals surface area (Å²) in [5.41, 5.74) is 3.09. The number of methoxy groups -OCH3 is 1. The van der Waals surface area contributed by atoms with Crippen molar-refractivity contribution in [1.82, 2.24) is 0 Å². The van der Waals surface area contributed by atoms with Crippen LogP contribution in [0.15, 0.2) is 73.3 Å². The topological polar surface area (TPSA) is 52.6 Å². The number of allylic oxidation sites excluding steroid dienone is 1. The van der Waals surface area contributed by atoms with Gasteiger partial charge in [-0.25, -0.2) is 0 Å². The van der Waals surface area contributed by atoms with E-state index < -0.39 is 0 Å². The maximum atomic E-state index is 13.4. The molecule has 1 aliphatic carbocycles. The van der Waals surface area contributed by atoms with Crippen LogP contribution in [0.3, 0.4) is 0 Å². The van der Waals surface area contributed by atoms with Gasteiger partial charge in [-0.1, -0.05) is 54.6 Å². The summed E-state index contributed by atoms with van der Waals surface area (Å²) in [6.45, 7) is 4.10. The van der Waals surface area contributed by atoms with Gasteiger partial charge in [0.05, 0.1) is 18.2 Å². The fourth-order valence-corrected chi connectivity index (χ4v) is 3.65. The number of rotatable bonds is 6. The molecule has 0 atom stereocenters. The van der Waals surface area contributed by atoms with Gasteiger partial charge >= 0.3 is 0 Å². The van der Waals surface area contributed by atoms with Crippen LogP contribution < -0.4 is 9.47 Å². The molecule has 0 bridgehead atoms. The van der Waals surface area contributed by atoms with Crippen LogP contribution in [0.4, 0.5) is 0 Å². The fourth-order valence-electron chi connectivity index (χ4n) is 3.65. The van der Waals surface area contributed by atoms with Crippen molar-refractivity contribution in [3.8, 4) is 11.5 Å². The molecule has 0 radical (unpaired) electrons. The van der Waals surface area contributed by atoms with Crippen LogP contribution in [-0.2, 0) is 13.0 Å². The Morgan fingerprint density at radius 3 is 2.31 bits per heavy atom. The van der Waals surface area contributed by atoms with E-state index in [0.717, 1.165) is 11.1 Å². The van der Waals surface area contributed by atoms with Gasteiger partial charge in [-0.2, -0.15) is 0 Å². The second kappa shape index (κ2) is 7.76. The first kappa shape index (κ1) is 18.7. The predicted molar refractivity (Wildman–Crippen MR) is 111 cm³/mol. The second-order valence-corrected chi connectivity index (χ2v) is 6.78. The summed E-state index contributed by atoms with van der Waals surface area (Å²) >= 11 is 0. The van der Waals surface area contributed by atoms with Crippen molar-refractivity contribution < 1.29 is 19.1 Å². The van der Waals surface area contributed by atoms with E-state index in [9.17, 15) is 9.59 Å². The summed E-state index contributed by atoms with van der Waals surface area (Å²) < 4.78 is 11.4. The van der Waals surface area contributed by atoms with E-state index in [1.165, 1.54) is 7.11 Å². The largest absolute Gasteiger partial charge is 0.496 e. The van der Waals surface area contributed by atoms with Gasteiger partial charge in [-0.3, -0.25) is 9.59 Å². The Balaban J connectivity index is 1.85. The van der Waals surface area contributed by atoms with Crippen molar-refractivity contribution in [2.75, 3.05) is 7.11 Å². The Morgan fingerprint density at radius 2 is 1.59 bits per heavy atom. The van der Waals surface area contributed by atoms with Crippen molar-refractivity contribution in [2.45, 2.75) is 13.0 Å². The minimum Gasteiger partial charge on any atom is -0.496 e. The highest BCUT2D eigenvalue weighted by Gasteiger charge is 2.35. The predicted octanol–water partition coefficient (Wildman–Crippen LogP) is 4.78. The van der Waals surface area contributed by atoms with Gasteiger partial charge in [-0.05, 0) is 29.7 Å². The highest BCUT2D eigenvalue weighted by Crippen LogP contribution is 2.39.